The van der Waals surface area contributed by atoms with E-state index < -0.39 is 10.0 Å². The molecule has 0 saturated carbocycles. The van der Waals surface area contributed by atoms with Gasteiger partial charge in [0.25, 0.3) is 0 Å². The Morgan fingerprint density at radius 3 is 2.79 bits per heavy atom. The van der Waals surface area contributed by atoms with E-state index in [1.54, 1.807) is 29.5 Å². The zero-order valence-corrected chi connectivity index (χ0v) is 15.3. The molecule has 0 bridgehead atoms. The van der Waals surface area contributed by atoms with E-state index >= 15 is 0 Å². The summed E-state index contributed by atoms with van der Waals surface area (Å²) in [5, 5.41) is 5.10. The number of rotatable bonds is 5. The number of sulfonamides is 1. The summed E-state index contributed by atoms with van der Waals surface area (Å²) < 4.78 is 25.3. The third-order valence-corrected chi connectivity index (χ3v) is 6.87. The Kier molecular flexibility index (Phi) is 5.12. The van der Waals surface area contributed by atoms with Gasteiger partial charge in [-0.2, -0.15) is 0 Å². The van der Waals surface area contributed by atoms with Gasteiger partial charge in [0.15, 0.2) is 0 Å². The molecule has 1 aromatic heterocycles. The molecule has 0 aliphatic carbocycles. The zero-order chi connectivity index (χ0) is 17.2. The van der Waals surface area contributed by atoms with Gasteiger partial charge < -0.3 is 5.32 Å². The highest BCUT2D eigenvalue weighted by atomic mass is 35.5. The predicted octanol–water partition coefficient (Wildman–Crippen LogP) is 3.51. The van der Waals surface area contributed by atoms with E-state index in [2.05, 4.69) is 5.32 Å². The van der Waals surface area contributed by atoms with Crippen molar-refractivity contribution in [3.63, 3.8) is 0 Å². The van der Waals surface area contributed by atoms with E-state index in [1.807, 2.05) is 17.5 Å². The van der Waals surface area contributed by atoms with Crippen LogP contribution in [0.3, 0.4) is 0 Å². The minimum atomic E-state index is -3.27. The molecule has 0 unspecified atom stereocenters. The van der Waals surface area contributed by atoms with Crippen molar-refractivity contribution in [3.8, 4) is 0 Å². The van der Waals surface area contributed by atoms with Crippen molar-refractivity contribution in [1.82, 2.24) is 0 Å². The number of nitrogens with one attached hydrogen (secondary N) is 1. The molecule has 1 amide bonds. The quantitative estimate of drug-likeness (QED) is 0.857. The first-order valence-electron chi connectivity index (χ1n) is 7.58. The summed E-state index contributed by atoms with van der Waals surface area (Å²) in [6.07, 6.45) is 1.68. The average molecular weight is 385 g/mol. The fraction of sp³-hybridized carbons (Fsp3) is 0.312. The van der Waals surface area contributed by atoms with Crippen molar-refractivity contribution >= 4 is 50.2 Å². The van der Waals surface area contributed by atoms with Gasteiger partial charge in [-0.25, -0.2) is 8.42 Å². The Morgan fingerprint density at radius 1 is 1.33 bits per heavy atom. The van der Waals surface area contributed by atoms with Crippen LogP contribution in [-0.2, 0) is 21.2 Å². The number of hydrogen-bond acceptors (Lipinski definition) is 4. The Bertz CT molecular complexity index is 835. The maximum absolute atomic E-state index is 12.0. The zero-order valence-electron chi connectivity index (χ0n) is 12.9. The standard InChI is InChI=1S/C16H17ClN2O3S2/c17-14-11-12(18-16(20)7-5-13-3-1-9-23-13)4-6-15(14)19-8-2-10-24(19,21)22/h1,3-4,6,9,11H,2,5,7-8,10H2,(H,18,20). The summed E-state index contributed by atoms with van der Waals surface area (Å²) >= 11 is 7.85. The van der Waals surface area contributed by atoms with Crippen molar-refractivity contribution in [3.05, 3.63) is 45.6 Å². The number of carbonyl (C=O) groups is 1. The monoisotopic (exact) mass is 384 g/mol. The van der Waals surface area contributed by atoms with Crippen LogP contribution in [-0.4, -0.2) is 26.6 Å². The van der Waals surface area contributed by atoms with E-state index in [0.717, 1.165) is 4.88 Å². The first-order valence-corrected chi connectivity index (χ1v) is 10.4. The maximum Gasteiger partial charge on any atom is 0.235 e. The van der Waals surface area contributed by atoms with Crippen LogP contribution < -0.4 is 9.62 Å². The molecule has 0 radical (unpaired) electrons. The number of carbonyl (C=O) groups excluding carboxylic acids is 1. The van der Waals surface area contributed by atoms with Gasteiger partial charge in [-0.3, -0.25) is 9.10 Å². The molecule has 1 aliphatic heterocycles. The molecule has 0 spiro atoms. The van der Waals surface area contributed by atoms with E-state index in [9.17, 15) is 13.2 Å². The summed E-state index contributed by atoms with van der Waals surface area (Å²) in [6.45, 7) is 0.439. The number of halogens is 1. The molecule has 1 N–H and O–H groups in total. The lowest BCUT2D eigenvalue weighted by atomic mass is 10.2. The molecule has 0 atom stereocenters. The fourth-order valence-electron chi connectivity index (χ4n) is 2.61. The summed E-state index contributed by atoms with van der Waals surface area (Å²) in [7, 11) is -3.27. The van der Waals surface area contributed by atoms with Crippen LogP contribution in [0.2, 0.25) is 5.02 Å². The van der Waals surface area contributed by atoms with Crippen LogP contribution in [0.4, 0.5) is 11.4 Å². The summed E-state index contributed by atoms with van der Waals surface area (Å²) in [6, 6.07) is 8.87. The average Bonchev–Trinajstić information content (AvgIpc) is 3.15. The second-order valence-corrected chi connectivity index (χ2v) is 8.99. The molecule has 24 heavy (non-hydrogen) atoms. The minimum Gasteiger partial charge on any atom is -0.326 e. The number of aryl methyl sites for hydroxylation is 1. The lowest BCUT2D eigenvalue weighted by Crippen LogP contribution is -2.25. The van der Waals surface area contributed by atoms with Crippen molar-refractivity contribution in [2.24, 2.45) is 0 Å². The van der Waals surface area contributed by atoms with Gasteiger partial charge in [0.05, 0.1) is 16.5 Å². The number of anilines is 2. The highest BCUT2D eigenvalue weighted by molar-refractivity contribution is 7.93. The number of thiophene rings is 1. The van der Waals surface area contributed by atoms with E-state index in [4.69, 9.17) is 11.6 Å². The third-order valence-electron chi connectivity index (χ3n) is 3.78. The van der Waals surface area contributed by atoms with Crippen molar-refractivity contribution in [2.45, 2.75) is 19.3 Å². The van der Waals surface area contributed by atoms with Crippen molar-refractivity contribution in [2.75, 3.05) is 21.9 Å². The van der Waals surface area contributed by atoms with Crippen LogP contribution in [0.25, 0.3) is 0 Å². The molecular weight excluding hydrogens is 368 g/mol. The Labute approximate surface area is 150 Å². The summed E-state index contributed by atoms with van der Waals surface area (Å²) in [5.41, 5.74) is 1.03. The topological polar surface area (TPSA) is 66.5 Å². The van der Waals surface area contributed by atoms with Crippen molar-refractivity contribution in [1.29, 1.82) is 0 Å². The van der Waals surface area contributed by atoms with Gasteiger partial charge in [-0.15, -0.1) is 11.3 Å². The normalized spacial score (nSPS) is 16.3. The van der Waals surface area contributed by atoms with Gasteiger partial charge in [-0.05, 0) is 42.5 Å². The van der Waals surface area contributed by atoms with Crippen LogP contribution in [0.15, 0.2) is 35.7 Å². The number of benzene rings is 1. The molecule has 1 aromatic carbocycles. The van der Waals surface area contributed by atoms with Crippen LogP contribution >= 0.6 is 22.9 Å². The first kappa shape index (κ1) is 17.3. The molecule has 128 valence electrons. The summed E-state index contributed by atoms with van der Waals surface area (Å²) in [5.74, 6) is 0.0471. The Hall–Kier alpha value is -1.57. The van der Waals surface area contributed by atoms with E-state index in [-0.39, 0.29) is 11.7 Å². The van der Waals surface area contributed by atoms with E-state index in [1.165, 1.54) is 4.31 Å². The smallest absolute Gasteiger partial charge is 0.235 e. The van der Waals surface area contributed by atoms with Crippen LogP contribution in [0.1, 0.15) is 17.7 Å². The molecule has 1 saturated heterocycles. The second-order valence-electron chi connectivity index (χ2n) is 5.54. The van der Waals surface area contributed by atoms with E-state index in [0.29, 0.717) is 42.2 Å². The lowest BCUT2D eigenvalue weighted by Gasteiger charge is -2.19. The molecule has 2 aromatic rings. The van der Waals surface area contributed by atoms with Gasteiger partial charge in [0.1, 0.15) is 0 Å². The number of nitrogens with zero attached hydrogens (tertiary/aromatic N) is 1. The van der Waals surface area contributed by atoms with Crippen LogP contribution in [0.5, 0.6) is 0 Å². The molecule has 2 heterocycles. The lowest BCUT2D eigenvalue weighted by molar-refractivity contribution is -0.116. The number of hydrogen-bond donors (Lipinski definition) is 1. The number of amides is 1. The maximum atomic E-state index is 12.0. The molecule has 1 aliphatic rings. The molecule has 5 nitrogen and oxygen atoms in total. The first-order chi connectivity index (χ1) is 11.5. The van der Waals surface area contributed by atoms with Gasteiger partial charge in [0.2, 0.25) is 15.9 Å². The Morgan fingerprint density at radius 2 is 2.17 bits per heavy atom. The Balaban J connectivity index is 1.65. The fourth-order valence-corrected chi connectivity index (χ4v) is 5.23. The summed E-state index contributed by atoms with van der Waals surface area (Å²) in [4.78, 5) is 13.2. The highest BCUT2D eigenvalue weighted by Crippen LogP contribution is 2.33. The molecule has 1 fully saturated rings. The highest BCUT2D eigenvalue weighted by Gasteiger charge is 2.29. The van der Waals surface area contributed by atoms with Crippen LogP contribution in [0, 0.1) is 0 Å². The molecular formula is C16H17ClN2O3S2. The largest absolute Gasteiger partial charge is 0.326 e. The van der Waals surface area contributed by atoms with Gasteiger partial charge in [0, 0.05) is 23.5 Å². The molecule has 8 heteroatoms. The van der Waals surface area contributed by atoms with Crippen molar-refractivity contribution < 1.29 is 13.2 Å². The third kappa shape index (κ3) is 3.91. The van der Waals surface area contributed by atoms with Gasteiger partial charge >= 0.3 is 0 Å². The predicted molar refractivity (Wildman–Crippen MR) is 98.5 cm³/mol. The van der Waals surface area contributed by atoms with Gasteiger partial charge in [-0.1, -0.05) is 17.7 Å². The molecule has 3 rings (SSSR count). The second kappa shape index (κ2) is 7.13. The SMILES string of the molecule is O=C(CCc1cccs1)Nc1ccc(N2CCCS2(=O)=O)c(Cl)c1. The minimum absolute atomic E-state index is 0.0963.